The molecule has 0 atom stereocenters. The van der Waals surface area contributed by atoms with Crippen molar-refractivity contribution in [2.45, 2.75) is 6.61 Å². The number of nitrogens with zero attached hydrogens (tertiary/aromatic N) is 2. The Morgan fingerprint density at radius 3 is 2.44 bits per heavy atom. The summed E-state index contributed by atoms with van der Waals surface area (Å²) in [5.41, 5.74) is 0.479. The molecule has 1 saturated heterocycles. The van der Waals surface area contributed by atoms with Crippen LogP contribution < -0.4 is 15.0 Å². The van der Waals surface area contributed by atoms with Gasteiger partial charge in [0.1, 0.15) is 23.7 Å². The number of nitro groups is 1. The summed E-state index contributed by atoms with van der Waals surface area (Å²) < 4.78 is 19.9. The number of imide groups is 2. The number of carbonyl (C=O) groups is 3. The summed E-state index contributed by atoms with van der Waals surface area (Å²) in [6, 6.07) is 16.6. The van der Waals surface area contributed by atoms with Crippen LogP contribution in [0.1, 0.15) is 11.1 Å². The number of halogens is 1. The molecule has 4 amide bonds. The Labute approximate surface area is 192 Å². The van der Waals surface area contributed by atoms with Gasteiger partial charge in [0.15, 0.2) is 0 Å². The normalized spacial score (nSPS) is 14.8. The van der Waals surface area contributed by atoms with Gasteiger partial charge in [0.25, 0.3) is 17.5 Å². The molecule has 0 aliphatic carbocycles. The molecule has 0 saturated carbocycles. The number of anilines is 1. The van der Waals surface area contributed by atoms with Crippen LogP contribution in [0, 0.1) is 15.9 Å². The lowest BCUT2D eigenvalue weighted by Crippen LogP contribution is -2.54. The van der Waals surface area contributed by atoms with Crippen LogP contribution in [-0.2, 0) is 16.2 Å². The van der Waals surface area contributed by atoms with Gasteiger partial charge in [0, 0.05) is 12.1 Å². The van der Waals surface area contributed by atoms with E-state index >= 15 is 0 Å². The predicted octanol–water partition coefficient (Wildman–Crippen LogP) is 3.98. The number of amides is 4. The van der Waals surface area contributed by atoms with E-state index in [0.29, 0.717) is 21.8 Å². The molecule has 0 unspecified atom stereocenters. The number of benzene rings is 3. The summed E-state index contributed by atoms with van der Waals surface area (Å²) in [5.74, 6) is -2.24. The third-order valence-corrected chi connectivity index (χ3v) is 4.92. The average Bonchev–Trinajstić information content (AvgIpc) is 2.82. The zero-order valence-corrected chi connectivity index (χ0v) is 17.4. The smallest absolute Gasteiger partial charge is 0.336 e. The van der Waals surface area contributed by atoms with Crippen molar-refractivity contribution in [2.75, 3.05) is 4.90 Å². The molecule has 0 aromatic heterocycles. The van der Waals surface area contributed by atoms with Crippen molar-refractivity contribution in [3.8, 4) is 5.75 Å². The molecular weight excluding hydrogens is 445 g/mol. The molecule has 3 aromatic carbocycles. The van der Waals surface area contributed by atoms with E-state index in [2.05, 4.69) is 0 Å². The number of ether oxygens (including phenoxy) is 1. The number of carbonyl (C=O) groups excluding carboxylic acids is 3. The van der Waals surface area contributed by atoms with E-state index in [1.165, 1.54) is 36.4 Å². The Hall–Kier alpha value is -4.86. The Kier molecular flexibility index (Phi) is 6.13. The van der Waals surface area contributed by atoms with Gasteiger partial charge in [0.05, 0.1) is 10.6 Å². The van der Waals surface area contributed by atoms with Crippen molar-refractivity contribution in [1.82, 2.24) is 5.32 Å². The van der Waals surface area contributed by atoms with Gasteiger partial charge in [0.2, 0.25) is 0 Å². The van der Waals surface area contributed by atoms with Gasteiger partial charge in [-0.1, -0.05) is 24.3 Å². The standard InChI is InChI=1S/C24H16FN3O6/c25-20-6-1-2-7-21(20)27-23(30)19(22(29)26-24(27)31)13-16-4-3-5-18(12-16)34-14-15-8-10-17(11-9-15)28(32)33/h1-13H,14H2,(H,26,29,31)/b19-13+. The van der Waals surface area contributed by atoms with E-state index < -0.39 is 28.6 Å². The average molecular weight is 461 g/mol. The highest BCUT2D eigenvalue weighted by atomic mass is 19.1. The van der Waals surface area contributed by atoms with Gasteiger partial charge in [-0.15, -0.1) is 0 Å². The van der Waals surface area contributed by atoms with Crippen LogP contribution in [0.4, 0.5) is 20.6 Å². The Morgan fingerprint density at radius 1 is 1.00 bits per heavy atom. The van der Waals surface area contributed by atoms with Gasteiger partial charge in [-0.2, -0.15) is 0 Å². The Bertz CT molecular complexity index is 1340. The Balaban J connectivity index is 1.55. The third-order valence-electron chi connectivity index (χ3n) is 4.92. The fourth-order valence-corrected chi connectivity index (χ4v) is 3.25. The van der Waals surface area contributed by atoms with E-state index in [4.69, 9.17) is 4.74 Å². The first-order chi connectivity index (χ1) is 16.3. The number of para-hydroxylation sites is 1. The summed E-state index contributed by atoms with van der Waals surface area (Å²) in [6.07, 6.45) is 1.27. The monoisotopic (exact) mass is 461 g/mol. The van der Waals surface area contributed by atoms with Crippen molar-refractivity contribution >= 4 is 35.3 Å². The number of urea groups is 1. The quantitative estimate of drug-likeness (QED) is 0.257. The highest BCUT2D eigenvalue weighted by Crippen LogP contribution is 2.25. The molecule has 1 fully saturated rings. The molecule has 4 rings (SSSR count). The highest BCUT2D eigenvalue weighted by Gasteiger charge is 2.37. The molecule has 0 radical (unpaired) electrons. The fraction of sp³-hybridized carbons (Fsp3) is 0.0417. The van der Waals surface area contributed by atoms with Crippen molar-refractivity contribution < 1.29 is 28.4 Å². The zero-order chi connectivity index (χ0) is 24.2. The maximum atomic E-state index is 14.2. The second kappa shape index (κ2) is 9.33. The fourth-order valence-electron chi connectivity index (χ4n) is 3.25. The highest BCUT2D eigenvalue weighted by molar-refractivity contribution is 6.39. The van der Waals surface area contributed by atoms with Gasteiger partial charge in [-0.25, -0.2) is 14.1 Å². The van der Waals surface area contributed by atoms with E-state index in [1.54, 1.807) is 36.4 Å². The topological polar surface area (TPSA) is 119 Å². The molecule has 1 heterocycles. The van der Waals surface area contributed by atoms with Crippen LogP contribution in [0.25, 0.3) is 6.08 Å². The van der Waals surface area contributed by atoms with Crippen LogP contribution in [0.2, 0.25) is 0 Å². The van der Waals surface area contributed by atoms with Crippen LogP contribution in [0.5, 0.6) is 5.75 Å². The van der Waals surface area contributed by atoms with Gasteiger partial charge < -0.3 is 4.74 Å². The second-order valence-corrected chi connectivity index (χ2v) is 7.19. The summed E-state index contributed by atoms with van der Waals surface area (Å²) in [6.45, 7) is 0.132. The number of nitro benzene ring substituents is 1. The van der Waals surface area contributed by atoms with Crippen LogP contribution in [-0.4, -0.2) is 22.8 Å². The number of rotatable bonds is 6. The number of nitrogens with one attached hydrogen (secondary N) is 1. The lowest BCUT2D eigenvalue weighted by atomic mass is 10.1. The first-order valence-electron chi connectivity index (χ1n) is 9.95. The largest absolute Gasteiger partial charge is 0.489 e. The lowest BCUT2D eigenvalue weighted by Gasteiger charge is -2.26. The van der Waals surface area contributed by atoms with Gasteiger partial charge in [-0.05, 0) is 53.6 Å². The molecule has 0 spiro atoms. The first kappa shape index (κ1) is 22.3. The number of barbiturate groups is 1. The molecule has 3 aromatic rings. The SMILES string of the molecule is O=C1NC(=O)N(c2ccccc2F)C(=O)/C1=C/c1cccc(OCc2ccc([N+](=O)[O-])cc2)c1. The summed E-state index contributed by atoms with van der Waals surface area (Å²) in [4.78, 5) is 48.3. The lowest BCUT2D eigenvalue weighted by molar-refractivity contribution is -0.384. The first-order valence-corrected chi connectivity index (χ1v) is 9.95. The van der Waals surface area contributed by atoms with Crippen molar-refractivity contribution in [1.29, 1.82) is 0 Å². The predicted molar refractivity (Wildman–Crippen MR) is 119 cm³/mol. The summed E-state index contributed by atoms with van der Waals surface area (Å²) >= 11 is 0. The number of hydrogen-bond donors (Lipinski definition) is 1. The number of non-ortho nitro benzene ring substituents is 1. The molecule has 1 aliphatic heterocycles. The molecule has 170 valence electrons. The van der Waals surface area contributed by atoms with Gasteiger partial charge in [-0.3, -0.25) is 25.0 Å². The van der Waals surface area contributed by atoms with Crippen LogP contribution in [0.3, 0.4) is 0 Å². The van der Waals surface area contributed by atoms with Crippen LogP contribution in [0.15, 0.2) is 78.4 Å². The minimum absolute atomic E-state index is 0.0318. The molecule has 1 N–H and O–H groups in total. The molecule has 34 heavy (non-hydrogen) atoms. The van der Waals surface area contributed by atoms with E-state index in [-0.39, 0.29) is 23.6 Å². The summed E-state index contributed by atoms with van der Waals surface area (Å²) in [7, 11) is 0. The molecule has 0 bridgehead atoms. The van der Waals surface area contributed by atoms with Crippen molar-refractivity contribution in [3.63, 3.8) is 0 Å². The molecule has 9 nitrogen and oxygen atoms in total. The third kappa shape index (κ3) is 4.65. The maximum absolute atomic E-state index is 14.2. The van der Waals surface area contributed by atoms with E-state index in [9.17, 15) is 28.9 Å². The summed E-state index contributed by atoms with van der Waals surface area (Å²) in [5, 5.41) is 12.8. The van der Waals surface area contributed by atoms with E-state index in [1.807, 2.05) is 5.32 Å². The minimum Gasteiger partial charge on any atom is -0.489 e. The molecule has 1 aliphatic rings. The van der Waals surface area contributed by atoms with Gasteiger partial charge >= 0.3 is 6.03 Å². The van der Waals surface area contributed by atoms with Crippen molar-refractivity contribution in [3.05, 3.63) is 105 Å². The Morgan fingerprint density at radius 2 is 1.74 bits per heavy atom. The minimum atomic E-state index is -1.04. The van der Waals surface area contributed by atoms with Crippen LogP contribution >= 0.6 is 0 Å². The van der Waals surface area contributed by atoms with Crippen molar-refractivity contribution in [2.24, 2.45) is 0 Å². The maximum Gasteiger partial charge on any atom is 0.336 e. The zero-order valence-electron chi connectivity index (χ0n) is 17.4. The van der Waals surface area contributed by atoms with E-state index in [0.717, 1.165) is 6.07 Å². The number of hydrogen-bond acceptors (Lipinski definition) is 6. The second-order valence-electron chi connectivity index (χ2n) is 7.19. The molecule has 10 heteroatoms. The molecular formula is C24H16FN3O6.